The van der Waals surface area contributed by atoms with Gasteiger partial charge in [0.05, 0.1) is 18.8 Å². The number of ether oxygens (including phenoxy) is 5. The maximum Gasteiger partial charge on any atom is 0.229 e. The molecule has 17 heteroatoms. The molecule has 2 aromatic carbocycles. The fraction of sp³-hybridized carbons (Fsp3) is 0.481. The maximum absolute atomic E-state index is 11.0. The van der Waals surface area contributed by atoms with E-state index in [1.54, 1.807) is 0 Å². The van der Waals surface area contributed by atoms with Gasteiger partial charge in [0.15, 0.2) is 35.7 Å². The molecule has 0 bridgehead atoms. The molecular formula is C27H32O17. The summed E-state index contributed by atoms with van der Waals surface area (Å²) in [5.41, 5.74) is -0.0400. The van der Waals surface area contributed by atoms with E-state index in [4.69, 9.17) is 23.7 Å². The predicted octanol–water partition coefficient (Wildman–Crippen LogP) is -2.67. The molecule has 242 valence electrons. The van der Waals surface area contributed by atoms with Gasteiger partial charge in [-0.15, -0.1) is 0 Å². The van der Waals surface area contributed by atoms with E-state index >= 15 is 0 Å². The first-order valence-electron chi connectivity index (χ1n) is 13.3. The minimum Gasteiger partial charge on any atom is -0.508 e. The van der Waals surface area contributed by atoms with Gasteiger partial charge in [-0.05, 0) is 18.2 Å². The van der Waals surface area contributed by atoms with Gasteiger partial charge >= 0.3 is 0 Å². The Morgan fingerprint density at radius 2 is 1.25 bits per heavy atom. The van der Waals surface area contributed by atoms with Crippen LogP contribution in [-0.4, -0.2) is 136 Å². The second-order valence-corrected chi connectivity index (χ2v) is 10.5. The molecule has 0 amide bonds. The van der Waals surface area contributed by atoms with Gasteiger partial charge in [0.25, 0.3) is 0 Å². The van der Waals surface area contributed by atoms with E-state index < -0.39 is 104 Å². The lowest BCUT2D eigenvalue weighted by atomic mass is 9.97. The summed E-state index contributed by atoms with van der Waals surface area (Å²) in [6.07, 6.45) is -17.6. The van der Waals surface area contributed by atoms with Crippen molar-refractivity contribution in [1.29, 1.82) is 0 Å². The third-order valence-corrected chi connectivity index (χ3v) is 7.51. The minimum absolute atomic E-state index is 0.0113. The number of aromatic hydroxyl groups is 5. The third-order valence-electron chi connectivity index (χ3n) is 7.51. The van der Waals surface area contributed by atoms with Gasteiger partial charge in [-0.1, -0.05) is 0 Å². The number of hydrogen-bond acceptors (Lipinski definition) is 17. The Bertz CT molecular complexity index is 1360. The maximum atomic E-state index is 11.0. The van der Waals surface area contributed by atoms with Gasteiger partial charge in [-0.2, -0.15) is 0 Å². The van der Waals surface area contributed by atoms with Gasteiger partial charge in [-0.25, -0.2) is 0 Å². The first-order valence-corrected chi connectivity index (χ1v) is 13.3. The number of hydrogen-bond donors (Lipinski definition) is 12. The average molecular weight is 629 g/mol. The summed E-state index contributed by atoms with van der Waals surface area (Å²) in [4.78, 5) is 0. The highest BCUT2D eigenvalue weighted by molar-refractivity contribution is 5.70. The van der Waals surface area contributed by atoms with E-state index in [2.05, 4.69) is 0 Å². The number of fused-ring (bicyclic) bond motifs is 1. The zero-order chi connectivity index (χ0) is 32.0. The molecule has 0 spiro atoms. The second-order valence-electron chi connectivity index (χ2n) is 10.5. The summed E-state index contributed by atoms with van der Waals surface area (Å²) in [7, 11) is 0. The molecule has 3 heterocycles. The molecule has 44 heavy (non-hydrogen) atoms. The molecule has 12 N–H and O–H groups in total. The van der Waals surface area contributed by atoms with Crippen LogP contribution in [0.1, 0.15) is 17.2 Å². The summed E-state index contributed by atoms with van der Waals surface area (Å²) >= 11 is 0. The highest BCUT2D eigenvalue weighted by Crippen LogP contribution is 2.47. The van der Waals surface area contributed by atoms with Crippen molar-refractivity contribution in [3.63, 3.8) is 0 Å². The van der Waals surface area contributed by atoms with Crippen molar-refractivity contribution in [2.45, 2.75) is 67.5 Å². The van der Waals surface area contributed by atoms with Crippen molar-refractivity contribution < 1.29 is 85.0 Å². The van der Waals surface area contributed by atoms with Crippen molar-refractivity contribution in [3.8, 4) is 34.5 Å². The van der Waals surface area contributed by atoms with E-state index in [-0.39, 0.29) is 28.4 Å². The highest BCUT2D eigenvalue weighted by atomic mass is 16.8. The highest BCUT2D eigenvalue weighted by Gasteiger charge is 2.52. The molecule has 1 unspecified atom stereocenters. The molecule has 5 rings (SSSR count). The smallest absolute Gasteiger partial charge is 0.229 e. The molecule has 3 aliphatic heterocycles. The van der Waals surface area contributed by atoms with E-state index in [1.165, 1.54) is 6.08 Å². The summed E-state index contributed by atoms with van der Waals surface area (Å²) in [5.74, 6) is -3.49. The van der Waals surface area contributed by atoms with Gasteiger partial charge in [0, 0.05) is 17.7 Å². The quantitative estimate of drug-likeness (QED) is 0.139. The lowest BCUT2D eigenvalue weighted by Crippen LogP contribution is -2.64. The van der Waals surface area contributed by atoms with E-state index in [9.17, 15) is 61.3 Å². The van der Waals surface area contributed by atoms with E-state index in [1.807, 2.05) is 0 Å². The van der Waals surface area contributed by atoms with Gasteiger partial charge in [0.2, 0.25) is 6.29 Å². The fourth-order valence-corrected chi connectivity index (χ4v) is 5.11. The minimum atomic E-state index is -1.92. The second kappa shape index (κ2) is 12.4. The monoisotopic (exact) mass is 628 g/mol. The van der Waals surface area contributed by atoms with Gasteiger partial charge in [-0.3, -0.25) is 0 Å². The third kappa shape index (κ3) is 5.77. The Kier molecular flexibility index (Phi) is 8.96. The van der Waals surface area contributed by atoms with Crippen molar-refractivity contribution in [3.05, 3.63) is 41.2 Å². The molecule has 3 aliphatic rings. The number of phenols is 5. The Morgan fingerprint density at radius 3 is 1.86 bits per heavy atom. The molecule has 0 aromatic heterocycles. The zero-order valence-corrected chi connectivity index (χ0v) is 22.6. The van der Waals surface area contributed by atoms with Crippen LogP contribution in [0.15, 0.2) is 30.0 Å². The lowest BCUT2D eigenvalue weighted by Gasteiger charge is -2.46. The van der Waals surface area contributed by atoms with Crippen LogP contribution in [-0.2, 0) is 18.9 Å². The van der Waals surface area contributed by atoms with Crippen molar-refractivity contribution in [2.75, 3.05) is 13.2 Å². The summed E-state index contributed by atoms with van der Waals surface area (Å²) in [5, 5.41) is 122. The fourth-order valence-electron chi connectivity index (χ4n) is 5.11. The SMILES string of the molecule is OC[C@H]1O[C@@H](O[C@H]2[C@H](OC3=Cc4c(O)cc(O)cc4OC3c3cc(O)c(O)c(O)c3)O[C@H](CO)[C@@H](O)[C@@H]2O)[C@H](O)[C@@H](O)[C@@H]1O. The first-order chi connectivity index (χ1) is 20.8. The summed E-state index contributed by atoms with van der Waals surface area (Å²) < 4.78 is 28.6. The zero-order valence-electron chi connectivity index (χ0n) is 22.6. The number of aliphatic hydroxyl groups excluding tert-OH is 7. The molecule has 11 atom stereocenters. The molecule has 2 fully saturated rings. The molecule has 0 saturated carbocycles. The summed E-state index contributed by atoms with van der Waals surface area (Å²) in [6, 6.07) is 4.19. The number of phenolic OH excluding ortho intramolecular Hbond substituents is 5. The molecule has 0 aliphatic carbocycles. The molecule has 0 radical (unpaired) electrons. The van der Waals surface area contributed by atoms with Crippen molar-refractivity contribution in [1.82, 2.24) is 0 Å². The normalized spacial score (nSPS) is 35.3. The van der Waals surface area contributed by atoms with Gasteiger partial charge < -0.3 is 85.0 Å². The van der Waals surface area contributed by atoms with E-state index in [0.717, 1.165) is 24.3 Å². The standard InChI is InChI=1S/C27H32O17/c28-6-16-19(35)21(37)23(39)26(42-16)44-25-22(38)20(36)17(7-29)43-27(25)41-15-5-10-11(31)3-9(30)4-14(10)40-24(15)8-1-12(32)18(34)13(33)2-8/h1-5,16-17,19-39H,6-7H2/t16-,17-,19-,20-,21+,22+,23-,24?,25-,26+,27-/m1/s1. The van der Waals surface area contributed by atoms with Crippen LogP contribution in [0.4, 0.5) is 0 Å². The van der Waals surface area contributed by atoms with Crippen LogP contribution in [0.25, 0.3) is 6.08 Å². The molecule has 2 aromatic rings. The first kappa shape index (κ1) is 31.8. The molecule has 17 nitrogen and oxygen atoms in total. The number of rotatable bonds is 7. The topological polar surface area (TPSA) is 289 Å². The lowest BCUT2D eigenvalue weighted by molar-refractivity contribution is -0.364. The Labute approximate surface area is 247 Å². The Balaban J connectivity index is 1.53. The Hall–Kier alpha value is -3.62. The van der Waals surface area contributed by atoms with Crippen LogP contribution in [0.2, 0.25) is 0 Å². The average Bonchev–Trinajstić information content (AvgIpc) is 2.99. The summed E-state index contributed by atoms with van der Waals surface area (Å²) in [6.45, 7) is -1.60. The van der Waals surface area contributed by atoms with Crippen LogP contribution in [0.3, 0.4) is 0 Å². The van der Waals surface area contributed by atoms with Crippen LogP contribution >= 0.6 is 0 Å². The van der Waals surface area contributed by atoms with Crippen LogP contribution in [0.5, 0.6) is 34.5 Å². The van der Waals surface area contributed by atoms with Crippen LogP contribution < -0.4 is 4.74 Å². The number of benzene rings is 2. The number of aliphatic hydroxyl groups is 7. The molecular weight excluding hydrogens is 596 g/mol. The largest absolute Gasteiger partial charge is 0.508 e. The predicted molar refractivity (Wildman–Crippen MR) is 140 cm³/mol. The van der Waals surface area contributed by atoms with Crippen molar-refractivity contribution >= 4 is 6.08 Å². The van der Waals surface area contributed by atoms with Crippen LogP contribution in [0, 0.1) is 0 Å². The van der Waals surface area contributed by atoms with Crippen molar-refractivity contribution in [2.24, 2.45) is 0 Å². The molecule has 2 saturated heterocycles. The van der Waals surface area contributed by atoms with Gasteiger partial charge in [0.1, 0.15) is 65.7 Å². The van der Waals surface area contributed by atoms with E-state index in [0.29, 0.717) is 0 Å². The Morgan fingerprint density at radius 1 is 0.659 bits per heavy atom.